The Hall–Kier alpha value is -2.95. The summed E-state index contributed by atoms with van der Waals surface area (Å²) in [5, 5.41) is 13.8. The third-order valence-corrected chi connectivity index (χ3v) is 7.41. The SMILES string of the molecule is N#CC(C(=O)NCc1ccccc1)=C1SC(Cc2ccc(Cl)cc2Cl)C(=O)N1c1ccc(Cl)cc1. The smallest absolute Gasteiger partial charge is 0.264 e. The minimum atomic E-state index is -0.593. The van der Waals surface area contributed by atoms with Crippen molar-refractivity contribution >= 4 is 64.1 Å². The second-order valence-corrected chi connectivity index (χ2v) is 10.1. The van der Waals surface area contributed by atoms with E-state index >= 15 is 0 Å². The molecule has 0 aliphatic carbocycles. The quantitative estimate of drug-likeness (QED) is 0.289. The van der Waals surface area contributed by atoms with Crippen LogP contribution >= 0.6 is 46.6 Å². The molecule has 1 saturated heterocycles. The number of carbonyl (C=O) groups excluding carboxylic acids is 2. The lowest BCUT2D eigenvalue weighted by Crippen LogP contribution is -2.32. The van der Waals surface area contributed by atoms with Crippen molar-refractivity contribution in [2.45, 2.75) is 18.2 Å². The summed E-state index contributed by atoms with van der Waals surface area (Å²) in [6.07, 6.45) is 0.303. The van der Waals surface area contributed by atoms with Crippen LogP contribution in [0.5, 0.6) is 0 Å². The molecule has 0 spiro atoms. The molecule has 1 aliphatic rings. The molecule has 1 unspecified atom stereocenters. The molecule has 176 valence electrons. The van der Waals surface area contributed by atoms with Crippen molar-refractivity contribution in [2.24, 2.45) is 0 Å². The lowest BCUT2D eigenvalue weighted by molar-refractivity contribution is -0.117. The second-order valence-electron chi connectivity index (χ2n) is 7.66. The van der Waals surface area contributed by atoms with Crippen LogP contribution in [0, 0.1) is 11.3 Å². The van der Waals surface area contributed by atoms with Crippen LogP contribution in [0.4, 0.5) is 5.69 Å². The number of benzene rings is 3. The second kappa shape index (κ2) is 11.2. The van der Waals surface area contributed by atoms with Crippen LogP contribution in [0.1, 0.15) is 11.1 Å². The average Bonchev–Trinajstić information content (AvgIpc) is 3.16. The third-order valence-electron chi connectivity index (χ3n) is 5.31. The van der Waals surface area contributed by atoms with Gasteiger partial charge in [0.2, 0.25) is 5.91 Å². The van der Waals surface area contributed by atoms with Gasteiger partial charge in [-0.15, -0.1) is 0 Å². The van der Waals surface area contributed by atoms with E-state index in [2.05, 4.69) is 5.32 Å². The molecule has 1 aliphatic heterocycles. The topological polar surface area (TPSA) is 73.2 Å². The molecule has 35 heavy (non-hydrogen) atoms. The molecule has 3 aromatic rings. The van der Waals surface area contributed by atoms with Gasteiger partial charge in [-0.05, 0) is 53.9 Å². The number of halogens is 3. The van der Waals surface area contributed by atoms with Crippen molar-refractivity contribution in [3.63, 3.8) is 0 Å². The summed E-state index contributed by atoms with van der Waals surface area (Å²) in [5.41, 5.74) is 2.00. The Morgan fingerprint density at radius 1 is 1.00 bits per heavy atom. The predicted molar refractivity (Wildman–Crippen MR) is 141 cm³/mol. The molecular weight excluding hydrogens is 525 g/mol. The van der Waals surface area contributed by atoms with Crippen molar-refractivity contribution in [1.82, 2.24) is 5.32 Å². The van der Waals surface area contributed by atoms with Crippen LogP contribution in [0.25, 0.3) is 0 Å². The van der Waals surface area contributed by atoms with Gasteiger partial charge in [0.15, 0.2) is 0 Å². The normalized spacial score (nSPS) is 16.7. The van der Waals surface area contributed by atoms with Gasteiger partial charge in [-0.1, -0.05) is 83.0 Å². The summed E-state index contributed by atoms with van der Waals surface area (Å²) >= 11 is 19.5. The Balaban J connectivity index is 1.68. The Labute approximate surface area is 222 Å². The lowest BCUT2D eigenvalue weighted by atomic mass is 10.1. The molecule has 0 bridgehead atoms. The van der Waals surface area contributed by atoms with E-state index in [0.717, 1.165) is 22.9 Å². The zero-order chi connectivity index (χ0) is 24.9. The molecule has 1 fully saturated rings. The minimum absolute atomic E-state index is 0.140. The predicted octanol–water partition coefficient (Wildman–Crippen LogP) is 6.39. The molecular formula is C26H18Cl3N3O2S. The molecule has 5 nitrogen and oxygen atoms in total. The average molecular weight is 543 g/mol. The largest absolute Gasteiger partial charge is 0.347 e. The highest BCUT2D eigenvalue weighted by molar-refractivity contribution is 8.05. The zero-order valence-corrected chi connectivity index (χ0v) is 21.3. The van der Waals surface area contributed by atoms with Crippen molar-refractivity contribution in [3.8, 4) is 6.07 Å². The highest BCUT2D eigenvalue weighted by Gasteiger charge is 2.41. The van der Waals surface area contributed by atoms with Crippen LogP contribution in [0.3, 0.4) is 0 Å². The third kappa shape index (κ3) is 5.83. The lowest BCUT2D eigenvalue weighted by Gasteiger charge is -2.19. The van der Waals surface area contributed by atoms with E-state index in [1.807, 2.05) is 36.4 Å². The van der Waals surface area contributed by atoms with Crippen LogP contribution in [0.15, 0.2) is 83.4 Å². The molecule has 2 amide bonds. The van der Waals surface area contributed by atoms with E-state index in [-0.39, 0.29) is 23.1 Å². The number of nitrogens with zero attached hydrogens (tertiary/aromatic N) is 2. The molecule has 9 heteroatoms. The van der Waals surface area contributed by atoms with E-state index in [4.69, 9.17) is 34.8 Å². The first kappa shape index (κ1) is 25.2. The Morgan fingerprint density at radius 2 is 1.69 bits per heavy atom. The number of thioether (sulfide) groups is 1. The Bertz CT molecular complexity index is 1340. The number of carbonyl (C=O) groups is 2. The Morgan fingerprint density at radius 3 is 2.34 bits per heavy atom. The van der Waals surface area contributed by atoms with Gasteiger partial charge in [0.25, 0.3) is 5.91 Å². The van der Waals surface area contributed by atoms with E-state index in [0.29, 0.717) is 27.2 Å². The highest BCUT2D eigenvalue weighted by Crippen LogP contribution is 2.42. The number of hydrogen-bond acceptors (Lipinski definition) is 4. The highest BCUT2D eigenvalue weighted by atomic mass is 35.5. The first-order valence-corrected chi connectivity index (χ1v) is 12.6. The van der Waals surface area contributed by atoms with Crippen LogP contribution in [-0.2, 0) is 22.6 Å². The van der Waals surface area contributed by atoms with Crippen molar-refractivity contribution in [3.05, 3.63) is 110 Å². The summed E-state index contributed by atoms with van der Waals surface area (Å²) in [6.45, 7) is 0.251. The van der Waals surface area contributed by atoms with Gasteiger partial charge in [-0.2, -0.15) is 5.26 Å². The van der Waals surface area contributed by atoms with Gasteiger partial charge >= 0.3 is 0 Å². The van der Waals surface area contributed by atoms with E-state index in [1.165, 1.54) is 4.90 Å². The maximum Gasteiger partial charge on any atom is 0.264 e. The number of anilines is 1. The molecule has 1 N–H and O–H groups in total. The van der Waals surface area contributed by atoms with Crippen molar-refractivity contribution in [2.75, 3.05) is 4.90 Å². The van der Waals surface area contributed by atoms with Gasteiger partial charge in [-0.3, -0.25) is 14.5 Å². The van der Waals surface area contributed by atoms with Crippen LogP contribution < -0.4 is 10.2 Å². The standard InChI is InChI=1S/C26H18Cl3N3O2S/c27-18-8-10-20(11-9-18)32-25(34)23(12-17-6-7-19(28)13-22(17)29)35-26(32)21(14-30)24(33)31-15-16-4-2-1-3-5-16/h1-11,13,23H,12,15H2,(H,31,33). The van der Waals surface area contributed by atoms with Gasteiger partial charge in [0, 0.05) is 27.3 Å². The maximum atomic E-state index is 13.5. The van der Waals surface area contributed by atoms with Crippen LogP contribution in [-0.4, -0.2) is 17.1 Å². The fraction of sp³-hybridized carbons (Fsp3) is 0.115. The van der Waals surface area contributed by atoms with E-state index in [1.54, 1.807) is 42.5 Å². The molecule has 0 aromatic heterocycles. The number of hydrogen-bond donors (Lipinski definition) is 1. The van der Waals surface area contributed by atoms with Gasteiger partial charge in [0.05, 0.1) is 5.25 Å². The zero-order valence-electron chi connectivity index (χ0n) is 18.2. The number of rotatable bonds is 6. The fourth-order valence-electron chi connectivity index (χ4n) is 3.57. The maximum absolute atomic E-state index is 13.5. The summed E-state index contributed by atoms with van der Waals surface area (Å²) in [4.78, 5) is 28.0. The van der Waals surface area contributed by atoms with Crippen LogP contribution in [0.2, 0.25) is 15.1 Å². The van der Waals surface area contributed by atoms with E-state index < -0.39 is 11.2 Å². The molecule has 0 radical (unpaired) electrons. The number of nitrogens with one attached hydrogen (secondary N) is 1. The molecule has 1 atom stereocenters. The first-order valence-electron chi connectivity index (χ1n) is 10.5. The summed E-state index contributed by atoms with van der Waals surface area (Å²) in [7, 11) is 0. The Kier molecular flexibility index (Phi) is 8.04. The van der Waals surface area contributed by atoms with Gasteiger partial charge in [0.1, 0.15) is 16.7 Å². The summed E-state index contributed by atoms with van der Waals surface area (Å²) in [5.74, 6) is -0.822. The monoisotopic (exact) mass is 541 g/mol. The number of amides is 2. The van der Waals surface area contributed by atoms with Crippen molar-refractivity contribution < 1.29 is 9.59 Å². The molecule has 1 heterocycles. The number of nitriles is 1. The fourth-order valence-corrected chi connectivity index (χ4v) is 5.47. The van der Waals surface area contributed by atoms with E-state index in [9.17, 15) is 14.9 Å². The molecule has 0 saturated carbocycles. The minimum Gasteiger partial charge on any atom is -0.347 e. The van der Waals surface area contributed by atoms with Gasteiger partial charge in [-0.25, -0.2) is 0 Å². The van der Waals surface area contributed by atoms with Gasteiger partial charge < -0.3 is 5.32 Å². The van der Waals surface area contributed by atoms with Crippen molar-refractivity contribution in [1.29, 1.82) is 5.26 Å². The molecule has 3 aromatic carbocycles. The summed E-state index contributed by atoms with van der Waals surface area (Å²) in [6, 6.07) is 23.1. The molecule has 4 rings (SSSR count). The summed E-state index contributed by atoms with van der Waals surface area (Å²) < 4.78 is 0. The first-order chi connectivity index (χ1) is 16.9.